The van der Waals surface area contributed by atoms with Gasteiger partial charge in [-0.05, 0) is 36.6 Å². The lowest BCUT2D eigenvalue weighted by Gasteiger charge is -2.14. The number of halogens is 2. The average molecular weight is 306 g/mol. The van der Waals surface area contributed by atoms with E-state index in [2.05, 4.69) is 5.32 Å². The van der Waals surface area contributed by atoms with Crippen LogP contribution in [0.4, 0.5) is 4.39 Å². The minimum absolute atomic E-state index is 0.0392. The molecule has 1 aromatic carbocycles. The van der Waals surface area contributed by atoms with Crippen LogP contribution in [0.25, 0.3) is 0 Å². The molecule has 0 saturated carbocycles. The minimum Gasteiger partial charge on any atom is -0.480 e. The van der Waals surface area contributed by atoms with Crippen LogP contribution in [0.3, 0.4) is 0 Å². The monoisotopic (exact) mass is 305 g/mol. The van der Waals surface area contributed by atoms with E-state index in [-0.39, 0.29) is 10.6 Å². The predicted octanol–water partition coefficient (Wildman–Crippen LogP) is 2.42. The highest BCUT2D eigenvalue weighted by Gasteiger charge is 2.20. The summed E-state index contributed by atoms with van der Waals surface area (Å²) in [5, 5.41) is 11.2. The number of thioether (sulfide) groups is 1. The van der Waals surface area contributed by atoms with Crippen molar-refractivity contribution in [3.63, 3.8) is 0 Å². The van der Waals surface area contributed by atoms with Crippen LogP contribution >= 0.6 is 23.4 Å². The van der Waals surface area contributed by atoms with Crippen molar-refractivity contribution in [2.45, 2.75) is 12.5 Å². The second-order valence-corrected chi connectivity index (χ2v) is 5.17. The van der Waals surface area contributed by atoms with Crippen LogP contribution in [-0.4, -0.2) is 35.0 Å². The maximum Gasteiger partial charge on any atom is 0.326 e. The first-order valence-electron chi connectivity index (χ1n) is 5.43. The molecule has 7 heteroatoms. The summed E-state index contributed by atoms with van der Waals surface area (Å²) in [7, 11) is 0. The van der Waals surface area contributed by atoms with E-state index in [0.29, 0.717) is 12.2 Å². The van der Waals surface area contributed by atoms with Gasteiger partial charge < -0.3 is 10.4 Å². The van der Waals surface area contributed by atoms with E-state index in [4.69, 9.17) is 16.7 Å². The van der Waals surface area contributed by atoms with Crippen molar-refractivity contribution in [2.75, 3.05) is 12.0 Å². The Kier molecular flexibility index (Phi) is 6.11. The quantitative estimate of drug-likeness (QED) is 0.847. The summed E-state index contributed by atoms with van der Waals surface area (Å²) < 4.78 is 13.2. The highest BCUT2D eigenvalue weighted by atomic mass is 35.5. The number of aliphatic carboxylic acids is 1. The van der Waals surface area contributed by atoms with Gasteiger partial charge in [0, 0.05) is 5.56 Å². The van der Waals surface area contributed by atoms with Crippen molar-refractivity contribution in [1.29, 1.82) is 0 Å². The number of carboxylic acids is 1. The van der Waals surface area contributed by atoms with Gasteiger partial charge in [0.25, 0.3) is 5.91 Å². The molecule has 0 bridgehead atoms. The number of hydrogen-bond donors (Lipinski definition) is 2. The van der Waals surface area contributed by atoms with Crippen LogP contribution in [0.2, 0.25) is 5.02 Å². The molecule has 1 rings (SSSR count). The molecule has 0 aliphatic carbocycles. The molecule has 1 atom stereocenters. The van der Waals surface area contributed by atoms with Crippen molar-refractivity contribution in [3.8, 4) is 0 Å². The number of carbonyl (C=O) groups is 2. The smallest absolute Gasteiger partial charge is 0.326 e. The summed E-state index contributed by atoms with van der Waals surface area (Å²) >= 11 is 6.99. The van der Waals surface area contributed by atoms with Crippen LogP contribution in [0.15, 0.2) is 18.2 Å². The van der Waals surface area contributed by atoms with Crippen LogP contribution in [-0.2, 0) is 4.79 Å². The van der Waals surface area contributed by atoms with Crippen molar-refractivity contribution in [1.82, 2.24) is 5.32 Å². The molecule has 1 unspecified atom stereocenters. The Morgan fingerprint density at radius 1 is 1.53 bits per heavy atom. The number of carbonyl (C=O) groups excluding carboxylic acids is 1. The van der Waals surface area contributed by atoms with Gasteiger partial charge in [-0.2, -0.15) is 11.8 Å². The van der Waals surface area contributed by atoms with E-state index in [1.54, 1.807) is 0 Å². The molecule has 0 heterocycles. The molecule has 1 aromatic rings. The molecule has 0 saturated heterocycles. The van der Waals surface area contributed by atoms with Gasteiger partial charge in [0.2, 0.25) is 0 Å². The number of rotatable bonds is 6. The van der Waals surface area contributed by atoms with Crippen molar-refractivity contribution >= 4 is 35.2 Å². The van der Waals surface area contributed by atoms with Crippen molar-refractivity contribution in [3.05, 3.63) is 34.6 Å². The standard InChI is InChI=1S/C12H13ClFNO3S/c1-19-5-4-10(12(17)18)15-11(16)7-2-3-8(13)9(14)6-7/h2-3,6,10H,4-5H2,1H3,(H,15,16)(H,17,18). The van der Waals surface area contributed by atoms with Gasteiger partial charge >= 0.3 is 5.97 Å². The fourth-order valence-electron chi connectivity index (χ4n) is 1.37. The number of hydrogen-bond acceptors (Lipinski definition) is 3. The topological polar surface area (TPSA) is 66.4 Å². The summed E-state index contributed by atoms with van der Waals surface area (Å²) in [4.78, 5) is 22.8. The van der Waals surface area contributed by atoms with Crippen LogP contribution in [0.5, 0.6) is 0 Å². The zero-order valence-electron chi connectivity index (χ0n) is 10.2. The van der Waals surface area contributed by atoms with E-state index < -0.39 is 23.7 Å². The van der Waals surface area contributed by atoms with Crippen LogP contribution in [0.1, 0.15) is 16.8 Å². The molecular formula is C12H13ClFNO3S. The van der Waals surface area contributed by atoms with Gasteiger partial charge in [-0.3, -0.25) is 4.79 Å². The number of carboxylic acid groups (broad SMARTS) is 1. The number of benzene rings is 1. The largest absolute Gasteiger partial charge is 0.480 e. The Morgan fingerprint density at radius 2 is 2.21 bits per heavy atom. The van der Waals surface area contributed by atoms with Gasteiger partial charge in [0.05, 0.1) is 5.02 Å². The SMILES string of the molecule is CSCCC(NC(=O)c1ccc(Cl)c(F)c1)C(=O)O. The average Bonchev–Trinajstić information content (AvgIpc) is 2.37. The molecular weight excluding hydrogens is 293 g/mol. The van der Waals surface area contributed by atoms with Gasteiger partial charge in [0.1, 0.15) is 11.9 Å². The molecule has 4 nitrogen and oxygen atoms in total. The first-order chi connectivity index (χ1) is 8.95. The maximum atomic E-state index is 13.2. The normalized spacial score (nSPS) is 11.9. The van der Waals surface area contributed by atoms with Crippen molar-refractivity contribution < 1.29 is 19.1 Å². The zero-order chi connectivity index (χ0) is 14.4. The Labute approximate surface area is 119 Å². The van der Waals surface area contributed by atoms with Gasteiger partial charge in [-0.25, -0.2) is 9.18 Å². The first-order valence-corrected chi connectivity index (χ1v) is 7.20. The zero-order valence-corrected chi connectivity index (χ0v) is 11.7. The van der Waals surface area contributed by atoms with E-state index in [1.165, 1.54) is 23.9 Å². The first kappa shape index (κ1) is 15.8. The molecule has 19 heavy (non-hydrogen) atoms. The number of nitrogens with one attached hydrogen (secondary N) is 1. The fraction of sp³-hybridized carbons (Fsp3) is 0.333. The van der Waals surface area contributed by atoms with E-state index in [9.17, 15) is 14.0 Å². The van der Waals surface area contributed by atoms with Gasteiger partial charge in [-0.1, -0.05) is 11.6 Å². The molecule has 0 spiro atoms. The van der Waals surface area contributed by atoms with E-state index in [0.717, 1.165) is 6.07 Å². The van der Waals surface area contributed by atoms with Gasteiger partial charge in [-0.15, -0.1) is 0 Å². The van der Waals surface area contributed by atoms with E-state index in [1.807, 2.05) is 6.26 Å². The molecule has 0 radical (unpaired) electrons. The summed E-state index contributed by atoms with van der Waals surface area (Å²) in [5.74, 6) is -1.86. The molecule has 1 amide bonds. The lowest BCUT2D eigenvalue weighted by atomic mass is 10.1. The summed E-state index contributed by atoms with van der Waals surface area (Å²) in [6.07, 6.45) is 2.15. The molecule has 0 aliphatic rings. The lowest BCUT2D eigenvalue weighted by Crippen LogP contribution is -2.41. The lowest BCUT2D eigenvalue weighted by molar-refractivity contribution is -0.139. The molecule has 0 aromatic heterocycles. The second-order valence-electron chi connectivity index (χ2n) is 3.77. The Hall–Kier alpha value is -1.27. The van der Waals surface area contributed by atoms with E-state index >= 15 is 0 Å². The molecule has 2 N–H and O–H groups in total. The highest BCUT2D eigenvalue weighted by Crippen LogP contribution is 2.15. The summed E-state index contributed by atoms with van der Waals surface area (Å²) in [6, 6.07) is 2.58. The molecule has 104 valence electrons. The summed E-state index contributed by atoms with van der Waals surface area (Å²) in [5.41, 5.74) is 0.0392. The third-order valence-electron chi connectivity index (χ3n) is 2.40. The fourth-order valence-corrected chi connectivity index (χ4v) is 1.96. The summed E-state index contributed by atoms with van der Waals surface area (Å²) in [6.45, 7) is 0. The second kappa shape index (κ2) is 7.35. The van der Waals surface area contributed by atoms with Crippen LogP contribution < -0.4 is 5.32 Å². The third kappa shape index (κ3) is 4.72. The molecule has 0 aliphatic heterocycles. The third-order valence-corrected chi connectivity index (χ3v) is 3.35. The Balaban J connectivity index is 2.75. The minimum atomic E-state index is -1.11. The maximum absolute atomic E-state index is 13.2. The Bertz CT molecular complexity index is 484. The highest BCUT2D eigenvalue weighted by molar-refractivity contribution is 7.98. The Morgan fingerprint density at radius 3 is 2.74 bits per heavy atom. The van der Waals surface area contributed by atoms with Gasteiger partial charge in [0.15, 0.2) is 0 Å². The van der Waals surface area contributed by atoms with Crippen LogP contribution in [0, 0.1) is 5.82 Å². The van der Waals surface area contributed by atoms with Crippen molar-refractivity contribution in [2.24, 2.45) is 0 Å². The predicted molar refractivity (Wildman–Crippen MR) is 73.3 cm³/mol. The molecule has 0 fully saturated rings. The number of amides is 1.